The Morgan fingerprint density at radius 1 is 0.630 bits per heavy atom. The molecule has 0 saturated carbocycles. The van der Waals surface area contributed by atoms with E-state index in [-0.39, 0.29) is 68.1 Å². The Balaban J connectivity index is 0.00000364. The van der Waals surface area contributed by atoms with Crippen LogP contribution in [-0.4, -0.2) is 75.3 Å². The maximum Gasteiger partial charge on any atom is 0.333 e. The molecule has 0 aliphatic carbocycles. The number of unbranched alkanes of at least 4 members (excludes halogenated alkanes) is 3. The van der Waals surface area contributed by atoms with E-state index in [1.54, 1.807) is 0 Å². The van der Waals surface area contributed by atoms with E-state index in [0.29, 0.717) is 35.8 Å². The van der Waals surface area contributed by atoms with Gasteiger partial charge in [-0.05, 0) is 12.8 Å². The molecule has 2 saturated heterocycles. The molecule has 0 atom stereocenters. The third kappa shape index (κ3) is 7.04. The zero-order valence-corrected chi connectivity index (χ0v) is 17.2. The van der Waals surface area contributed by atoms with Crippen molar-refractivity contribution in [2.75, 3.05) is 0 Å². The van der Waals surface area contributed by atoms with E-state index in [4.69, 9.17) is 9.68 Å². The molecule has 4 amide bonds. The molecule has 10 nitrogen and oxygen atoms in total. The average molecular weight is 391 g/mol. The zero-order valence-electron chi connectivity index (χ0n) is 15.2. The summed E-state index contributed by atoms with van der Waals surface area (Å²) in [5, 5.41) is 1.03. The van der Waals surface area contributed by atoms with E-state index >= 15 is 0 Å². The van der Waals surface area contributed by atoms with E-state index < -0.39 is 35.6 Å². The number of carbonyl (C=O) groups excluding carboxylic acids is 6. The molecule has 0 aromatic heterocycles. The minimum atomic E-state index is -0.654. The minimum Gasteiger partial charge on any atom is -0.330 e. The fourth-order valence-electron chi connectivity index (χ4n) is 2.50. The molecular weight excluding hydrogens is 371 g/mol. The van der Waals surface area contributed by atoms with Crippen LogP contribution in [0.4, 0.5) is 0 Å². The number of hydrogen-bond acceptors (Lipinski definition) is 8. The molecule has 11 heteroatoms. The standard InChI is InChI=1S/C16H20N2O8.Na/c19-11-7-8-12(20)17(11)25-15(23)5-3-1-2-4-6-16(24)26-18-13(21)9-10-14(18)22;/h1-10H2;. The molecule has 2 heterocycles. The number of amides is 4. The van der Waals surface area contributed by atoms with Gasteiger partial charge in [-0.2, -0.15) is 0 Å². The van der Waals surface area contributed by atoms with Gasteiger partial charge >= 0.3 is 11.9 Å². The van der Waals surface area contributed by atoms with Crippen LogP contribution in [0, 0.1) is 0 Å². The van der Waals surface area contributed by atoms with Crippen LogP contribution in [0.15, 0.2) is 0 Å². The topological polar surface area (TPSA) is 127 Å². The molecule has 2 aliphatic heterocycles. The van der Waals surface area contributed by atoms with E-state index in [9.17, 15) is 28.8 Å². The van der Waals surface area contributed by atoms with Crippen LogP contribution in [-0.2, 0) is 38.4 Å². The summed E-state index contributed by atoms with van der Waals surface area (Å²) in [6, 6.07) is 0. The van der Waals surface area contributed by atoms with Crippen molar-refractivity contribution < 1.29 is 38.4 Å². The summed E-state index contributed by atoms with van der Waals surface area (Å²) in [6.07, 6.45) is 2.54. The van der Waals surface area contributed by atoms with Crippen molar-refractivity contribution >= 4 is 65.1 Å². The Morgan fingerprint density at radius 2 is 0.926 bits per heavy atom. The van der Waals surface area contributed by atoms with Crippen LogP contribution < -0.4 is 0 Å². The average Bonchev–Trinajstić information content (AvgIpc) is 3.08. The maximum atomic E-state index is 11.6. The first kappa shape index (κ1) is 23.3. The van der Waals surface area contributed by atoms with Gasteiger partial charge in [0.2, 0.25) is 0 Å². The molecule has 1 radical (unpaired) electrons. The summed E-state index contributed by atoms with van der Waals surface area (Å²) in [7, 11) is 0. The Kier molecular flexibility index (Phi) is 9.61. The number of carbonyl (C=O) groups is 6. The van der Waals surface area contributed by atoms with Crippen molar-refractivity contribution in [3.05, 3.63) is 0 Å². The first-order valence-electron chi connectivity index (χ1n) is 8.51. The Labute approximate surface area is 177 Å². The number of hydroxylamine groups is 4. The summed E-state index contributed by atoms with van der Waals surface area (Å²) >= 11 is 0. The van der Waals surface area contributed by atoms with Crippen LogP contribution in [0.25, 0.3) is 0 Å². The summed E-state index contributed by atoms with van der Waals surface area (Å²) in [6.45, 7) is 0. The molecule has 143 valence electrons. The molecule has 0 N–H and O–H groups in total. The van der Waals surface area contributed by atoms with Crippen molar-refractivity contribution in [1.82, 2.24) is 10.1 Å². The van der Waals surface area contributed by atoms with E-state index in [1.807, 2.05) is 0 Å². The van der Waals surface area contributed by atoms with Gasteiger partial charge in [-0.3, -0.25) is 19.2 Å². The second-order valence-electron chi connectivity index (χ2n) is 6.00. The van der Waals surface area contributed by atoms with Gasteiger partial charge < -0.3 is 9.68 Å². The molecule has 2 fully saturated rings. The van der Waals surface area contributed by atoms with Gasteiger partial charge in [0.25, 0.3) is 23.6 Å². The van der Waals surface area contributed by atoms with Crippen LogP contribution in [0.2, 0.25) is 0 Å². The predicted octanol–water partition coefficient (Wildman–Crippen LogP) is 0.161. The molecular formula is C16H20N2NaO8. The van der Waals surface area contributed by atoms with Gasteiger partial charge in [-0.15, -0.1) is 10.1 Å². The van der Waals surface area contributed by atoms with Crippen LogP contribution in [0.3, 0.4) is 0 Å². The molecule has 2 aliphatic rings. The van der Waals surface area contributed by atoms with Gasteiger partial charge in [0, 0.05) is 68.1 Å². The first-order chi connectivity index (χ1) is 12.4. The van der Waals surface area contributed by atoms with Gasteiger partial charge in [-0.25, -0.2) is 9.59 Å². The molecule has 0 spiro atoms. The number of rotatable bonds is 9. The molecule has 0 bridgehead atoms. The van der Waals surface area contributed by atoms with E-state index in [0.717, 1.165) is 0 Å². The van der Waals surface area contributed by atoms with Gasteiger partial charge in [0.15, 0.2) is 0 Å². The Bertz CT molecular complexity index is 550. The van der Waals surface area contributed by atoms with Crippen molar-refractivity contribution in [2.24, 2.45) is 0 Å². The van der Waals surface area contributed by atoms with E-state index in [1.165, 1.54) is 0 Å². The summed E-state index contributed by atoms with van der Waals surface area (Å²) < 4.78 is 0. The largest absolute Gasteiger partial charge is 0.333 e. The molecule has 2 rings (SSSR count). The Hall–Kier alpha value is -1.78. The number of hydrogen-bond donors (Lipinski definition) is 0. The second-order valence-corrected chi connectivity index (χ2v) is 6.00. The number of imide groups is 2. The van der Waals surface area contributed by atoms with Crippen LogP contribution in [0.5, 0.6) is 0 Å². The van der Waals surface area contributed by atoms with Crippen molar-refractivity contribution in [3.8, 4) is 0 Å². The zero-order chi connectivity index (χ0) is 19.1. The summed E-state index contributed by atoms with van der Waals surface area (Å²) in [4.78, 5) is 77.8. The predicted molar refractivity (Wildman–Crippen MR) is 87.8 cm³/mol. The van der Waals surface area contributed by atoms with Crippen LogP contribution in [0.1, 0.15) is 64.2 Å². The second kappa shape index (κ2) is 11.2. The third-order valence-electron chi connectivity index (χ3n) is 3.91. The fraction of sp³-hybridized carbons (Fsp3) is 0.625. The fourth-order valence-corrected chi connectivity index (χ4v) is 2.50. The van der Waals surface area contributed by atoms with Crippen LogP contribution >= 0.6 is 0 Å². The monoisotopic (exact) mass is 391 g/mol. The third-order valence-corrected chi connectivity index (χ3v) is 3.91. The van der Waals surface area contributed by atoms with Crippen molar-refractivity contribution in [1.29, 1.82) is 0 Å². The van der Waals surface area contributed by atoms with Crippen molar-refractivity contribution in [3.63, 3.8) is 0 Å². The van der Waals surface area contributed by atoms with Crippen molar-refractivity contribution in [2.45, 2.75) is 64.2 Å². The molecule has 27 heavy (non-hydrogen) atoms. The maximum absolute atomic E-state index is 11.6. The van der Waals surface area contributed by atoms with E-state index in [2.05, 4.69) is 0 Å². The minimum absolute atomic E-state index is 0. The normalized spacial score (nSPS) is 16.6. The number of nitrogens with zero attached hydrogens (tertiary/aromatic N) is 2. The smallest absolute Gasteiger partial charge is 0.330 e. The molecule has 0 aromatic carbocycles. The van der Waals surface area contributed by atoms with Gasteiger partial charge in [0.05, 0.1) is 0 Å². The molecule has 0 aromatic rings. The quantitative estimate of drug-likeness (QED) is 0.309. The summed E-state index contributed by atoms with van der Waals surface area (Å²) in [5.41, 5.74) is 0. The van der Waals surface area contributed by atoms with Gasteiger partial charge in [-0.1, -0.05) is 12.8 Å². The first-order valence-corrected chi connectivity index (χ1v) is 8.51. The SMILES string of the molecule is O=C(CCCCCCC(=O)ON1C(=O)CCC1=O)ON1C(=O)CCC1=O.[Na]. The summed E-state index contributed by atoms with van der Waals surface area (Å²) in [5.74, 6) is -3.37. The van der Waals surface area contributed by atoms with Gasteiger partial charge in [0.1, 0.15) is 0 Å². The Morgan fingerprint density at radius 3 is 1.22 bits per heavy atom. The molecule has 0 unspecified atom stereocenters.